The molecule has 1 nitrogen and oxygen atoms in total. The van der Waals surface area contributed by atoms with Crippen molar-refractivity contribution in [3.05, 3.63) is 34.3 Å². The summed E-state index contributed by atoms with van der Waals surface area (Å²) in [6.07, 6.45) is 3.57. The van der Waals surface area contributed by atoms with Crippen LogP contribution >= 0.6 is 15.9 Å². The minimum atomic E-state index is 0.592. The Kier molecular flexibility index (Phi) is 6.83. The largest absolute Gasteiger partial charge is 0.313 e. The number of benzene rings is 1. The standard InChI is InChI=1S/C15H24BrN/c1-4-10-17-15(6-3)14(5-2)12-8-7-9-13(16)11-12/h7-9,11,14-15,17H,4-6,10H2,1-3H3. The van der Waals surface area contributed by atoms with Gasteiger partial charge in [-0.05, 0) is 49.4 Å². The molecule has 0 saturated heterocycles. The highest BCUT2D eigenvalue weighted by Gasteiger charge is 2.19. The van der Waals surface area contributed by atoms with Gasteiger partial charge in [0.1, 0.15) is 0 Å². The number of hydrogen-bond acceptors (Lipinski definition) is 1. The summed E-state index contributed by atoms with van der Waals surface area (Å²) in [6.45, 7) is 7.89. The van der Waals surface area contributed by atoms with Crippen LogP contribution in [-0.4, -0.2) is 12.6 Å². The van der Waals surface area contributed by atoms with Gasteiger partial charge in [0.15, 0.2) is 0 Å². The molecular formula is C15H24BrN. The average molecular weight is 298 g/mol. The summed E-state index contributed by atoms with van der Waals surface area (Å²) in [5, 5.41) is 3.67. The van der Waals surface area contributed by atoms with Gasteiger partial charge in [0.25, 0.3) is 0 Å². The zero-order valence-corrected chi connectivity index (χ0v) is 12.8. The lowest BCUT2D eigenvalue weighted by molar-refractivity contribution is 0.411. The monoisotopic (exact) mass is 297 g/mol. The van der Waals surface area contributed by atoms with Crippen LogP contribution in [0.3, 0.4) is 0 Å². The van der Waals surface area contributed by atoms with E-state index >= 15 is 0 Å². The third kappa shape index (κ3) is 4.44. The Balaban J connectivity index is 2.81. The van der Waals surface area contributed by atoms with E-state index in [0.717, 1.165) is 6.54 Å². The van der Waals surface area contributed by atoms with E-state index in [1.165, 1.54) is 29.3 Å². The van der Waals surface area contributed by atoms with Crippen molar-refractivity contribution in [3.8, 4) is 0 Å². The molecule has 0 amide bonds. The molecule has 17 heavy (non-hydrogen) atoms. The maximum atomic E-state index is 3.67. The fourth-order valence-corrected chi connectivity index (χ4v) is 2.81. The Labute approximate surface area is 114 Å². The van der Waals surface area contributed by atoms with Crippen LogP contribution < -0.4 is 5.32 Å². The molecule has 1 aromatic rings. The highest BCUT2D eigenvalue weighted by molar-refractivity contribution is 9.10. The molecular weight excluding hydrogens is 274 g/mol. The van der Waals surface area contributed by atoms with E-state index in [-0.39, 0.29) is 0 Å². The van der Waals surface area contributed by atoms with E-state index in [0.29, 0.717) is 12.0 Å². The first-order chi connectivity index (χ1) is 8.22. The van der Waals surface area contributed by atoms with Crippen LogP contribution in [0, 0.1) is 0 Å². The first-order valence-corrected chi connectivity index (χ1v) is 7.51. The summed E-state index contributed by atoms with van der Waals surface area (Å²) < 4.78 is 1.18. The summed E-state index contributed by atoms with van der Waals surface area (Å²) in [7, 11) is 0. The van der Waals surface area contributed by atoms with Gasteiger partial charge >= 0.3 is 0 Å². The van der Waals surface area contributed by atoms with Crippen LogP contribution in [-0.2, 0) is 0 Å². The molecule has 0 aliphatic carbocycles. The summed E-state index contributed by atoms with van der Waals surface area (Å²) in [5.74, 6) is 0.615. The Bertz CT molecular complexity index is 324. The van der Waals surface area contributed by atoms with Crippen molar-refractivity contribution >= 4 is 15.9 Å². The van der Waals surface area contributed by atoms with Crippen LogP contribution in [0.5, 0.6) is 0 Å². The fraction of sp³-hybridized carbons (Fsp3) is 0.600. The highest BCUT2D eigenvalue weighted by atomic mass is 79.9. The quantitative estimate of drug-likeness (QED) is 0.768. The molecule has 0 aliphatic rings. The molecule has 2 heteroatoms. The van der Waals surface area contributed by atoms with E-state index in [1.807, 2.05) is 0 Å². The molecule has 2 unspecified atom stereocenters. The summed E-state index contributed by atoms with van der Waals surface area (Å²) >= 11 is 3.56. The van der Waals surface area contributed by atoms with Crippen LogP contribution in [0.15, 0.2) is 28.7 Å². The summed E-state index contributed by atoms with van der Waals surface area (Å²) in [5.41, 5.74) is 1.44. The molecule has 0 aliphatic heterocycles. The van der Waals surface area contributed by atoms with Crippen LogP contribution in [0.1, 0.15) is 51.5 Å². The molecule has 0 fully saturated rings. The van der Waals surface area contributed by atoms with Gasteiger partial charge in [-0.2, -0.15) is 0 Å². The molecule has 0 bridgehead atoms. The molecule has 0 spiro atoms. The Morgan fingerprint density at radius 2 is 1.94 bits per heavy atom. The molecule has 0 heterocycles. The van der Waals surface area contributed by atoms with Crippen molar-refractivity contribution in [1.82, 2.24) is 5.32 Å². The molecule has 0 saturated carbocycles. The van der Waals surface area contributed by atoms with E-state index in [4.69, 9.17) is 0 Å². The molecule has 0 aromatic heterocycles. The first kappa shape index (κ1) is 14.7. The van der Waals surface area contributed by atoms with Crippen molar-refractivity contribution in [2.45, 2.75) is 52.0 Å². The predicted octanol–water partition coefficient (Wildman–Crippen LogP) is 4.72. The third-order valence-electron chi connectivity index (χ3n) is 3.30. The van der Waals surface area contributed by atoms with Gasteiger partial charge in [0.2, 0.25) is 0 Å². The first-order valence-electron chi connectivity index (χ1n) is 6.71. The van der Waals surface area contributed by atoms with Gasteiger partial charge in [-0.15, -0.1) is 0 Å². The summed E-state index contributed by atoms with van der Waals surface area (Å²) in [4.78, 5) is 0. The second-order valence-electron chi connectivity index (χ2n) is 4.54. The van der Waals surface area contributed by atoms with Crippen LogP contribution in [0.25, 0.3) is 0 Å². The maximum absolute atomic E-state index is 3.67. The zero-order valence-electron chi connectivity index (χ0n) is 11.2. The SMILES string of the molecule is CCCNC(CC)C(CC)c1cccc(Br)c1. The number of hydrogen-bond donors (Lipinski definition) is 1. The Morgan fingerprint density at radius 1 is 1.18 bits per heavy atom. The smallest absolute Gasteiger partial charge is 0.0178 e. The lowest BCUT2D eigenvalue weighted by Gasteiger charge is -2.27. The van der Waals surface area contributed by atoms with Crippen molar-refractivity contribution in [3.63, 3.8) is 0 Å². The van der Waals surface area contributed by atoms with Crippen molar-refractivity contribution in [2.24, 2.45) is 0 Å². The molecule has 1 aromatic carbocycles. The Morgan fingerprint density at radius 3 is 2.47 bits per heavy atom. The van der Waals surface area contributed by atoms with Crippen molar-refractivity contribution < 1.29 is 0 Å². The zero-order chi connectivity index (χ0) is 12.7. The van der Waals surface area contributed by atoms with Crippen LogP contribution in [0.4, 0.5) is 0 Å². The second-order valence-corrected chi connectivity index (χ2v) is 5.45. The molecule has 1 rings (SSSR count). The number of halogens is 1. The second kappa shape index (κ2) is 7.88. The maximum Gasteiger partial charge on any atom is 0.0178 e. The minimum absolute atomic E-state index is 0.592. The predicted molar refractivity (Wildman–Crippen MR) is 79.5 cm³/mol. The van der Waals surface area contributed by atoms with E-state index in [1.54, 1.807) is 0 Å². The van der Waals surface area contributed by atoms with Gasteiger partial charge in [-0.1, -0.05) is 48.8 Å². The molecule has 96 valence electrons. The normalized spacial score (nSPS) is 14.6. The molecule has 2 atom stereocenters. The summed E-state index contributed by atoms with van der Waals surface area (Å²) in [6, 6.07) is 9.32. The van der Waals surface area contributed by atoms with Gasteiger partial charge in [-0.25, -0.2) is 0 Å². The van der Waals surface area contributed by atoms with Gasteiger partial charge in [0.05, 0.1) is 0 Å². The lowest BCUT2D eigenvalue weighted by atomic mass is 9.87. The Hall–Kier alpha value is -0.340. The number of rotatable bonds is 7. The van der Waals surface area contributed by atoms with E-state index in [2.05, 4.69) is 66.3 Å². The topological polar surface area (TPSA) is 12.0 Å². The van der Waals surface area contributed by atoms with Crippen molar-refractivity contribution in [1.29, 1.82) is 0 Å². The molecule has 1 N–H and O–H groups in total. The van der Waals surface area contributed by atoms with Crippen LogP contribution in [0.2, 0.25) is 0 Å². The van der Waals surface area contributed by atoms with E-state index < -0.39 is 0 Å². The lowest BCUT2D eigenvalue weighted by Crippen LogP contribution is -2.34. The number of nitrogens with one attached hydrogen (secondary N) is 1. The molecule has 0 radical (unpaired) electrons. The van der Waals surface area contributed by atoms with Gasteiger partial charge < -0.3 is 5.32 Å². The third-order valence-corrected chi connectivity index (χ3v) is 3.79. The minimum Gasteiger partial charge on any atom is -0.313 e. The van der Waals surface area contributed by atoms with Gasteiger partial charge in [0, 0.05) is 10.5 Å². The van der Waals surface area contributed by atoms with E-state index in [9.17, 15) is 0 Å². The van der Waals surface area contributed by atoms with Crippen molar-refractivity contribution in [2.75, 3.05) is 6.54 Å². The average Bonchev–Trinajstić information content (AvgIpc) is 2.34. The fourth-order valence-electron chi connectivity index (χ4n) is 2.39. The van der Waals surface area contributed by atoms with Gasteiger partial charge in [-0.3, -0.25) is 0 Å². The highest BCUT2D eigenvalue weighted by Crippen LogP contribution is 2.27.